The van der Waals surface area contributed by atoms with Crippen LogP contribution in [0.2, 0.25) is 0 Å². The number of esters is 2. The average Bonchev–Trinajstić information content (AvgIpc) is 3.44. The molecular weight excluding hydrogens is 388 g/mol. The minimum absolute atomic E-state index is 0.0110. The van der Waals surface area contributed by atoms with Gasteiger partial charge in [0, 0.05) is 31.4 Å². The topological polar surface area (TPSA) is 94.6 Å². The Morgan fingerprint density at radius 1 is 1.37 bits per heavy atom. The molecule has 2 aliphatic carbocycles. The van der Waals surface area contributed by atoms with Crippen molar-refractivity contribution in [2.24, 2.45) is 10.8 Å². The van der Waals surface area contributed by atoms with Crippen molar-refractivity contribution in [3.05, 3.63) is 23.3 Å². The lowest BCUT2D eigenvalue weighted by atomic mass is 9.51. The first-order valence-electron chi connectivity index (χ1n) is 10.8. The van der Waals surface area contributed by atoms with Gasteiger partial charge in [-0.2, -0.15) is 0 Å². The van der Waals surface area contributed by atoms with E-state index in [-0.39, 0.29) is 37.5 Å². The van der Waals surface area contributed by atoms with Gasteiger partial charge in [-0.1, -0.05) is 24.1 Å². The quantitative estimate of drug-likeness (QED) is 0.305. The summed E-state index contributed by atoms with van der Waals surface area (Å²) >= 11 is 0. The van der Waals surface area contributed by atoms with E-state index in [1.165, 1.54) is 18.6 Å². The third-order valence-electron chi connectivity index (χ3n) is 7.87. The Bertz CT molecular complexity index is 795. The molecule has 2 heterocycles. The summed E-state index contributed by atoms with van der Waals surface area (Å²) in [4.78, 5) is 24.4. The zero-order valence-electron chi connectivity index (χ0n) is 18.2. The molecular formula is C23H32O7. The largest absolute Gasteiger partial charge is 0.462 e. The number of aliphatic hydroxyl groups excluding tert-OH is 1. The van der Waals surface area contributed by atoms with Crippen molar-refractivity contribution in [1.29, 1.82) is 0 Å². The number of ether oxygens (including phenoxy) is 4. The maximum Gasteiger partial charge on any atom is 0.330 e. The number of fused-ring (bicyclic) bond motifs is 2. The highest BCUT2D eigenvalue weighted by Crippen LogP contribution is 2.72. The number of carbonyl (C=O) groups excluding carboxylic acids is 2. The van der Waals surface area contributed by atoms with Gasteiger partial charge in [-0.15, -0.1) is 0 Å². The summed E-state index contributed by atoms with van der Waals surface area (Å²) in [6.07, 6.45) is 5.48. The van der Waals surface area contributed by atoms with Gasteiger partial charge in [-0.25, -0.2) is 4.79 Å². The molecule has 1 N–H and O–H groups in total. The van der Waals surface area contributed by atoms with Gasteiger partial charge in [-0.05, 0) is 33.1 Å². The van der Waals surface area contributed by atoms with Crippen LogP contribution < -0.4 is 0 Å². The van der Waals surface area contributed by atoms with Crippen molar-refractivity contribution in [2.45, 2.75) is 77.3 Å². The number of hydrogen-bond donors (Lipinski definition) is 1. The third kappa shape index (κ3) is 3.05. The van der Waals surface area contributed by atoms with Crippen LogP contribution in [-0.2, 0) is 28.5 Å². The summed E-state index contributed by atoms with van der Waals surface area (Å²) in [7, 11) is 0. The van der Waals surface area contributed by atoms with Gasteiger partial charge in [0.25, 0.3) is 0 Å². The Kier molecular flexibility index (Phi) is 5.36. The molecule has 7 nitrogen and oxygen atoms in total. The molecule has 2 aliphatic heterocycles. The number of aliphatic hydroxyl groups is 1. The fraction of sp³-hybridized carbons (Fsp3) is 0.739. The number of epoxide rings is 1. The Morgan fingerprint density at radius 3 is 2.73 bits per heavy atom. The van der Waals surface area contributed by atoms with E-state index >= 15 is 0 Å². The first kappa shape index (κ1) is 21.5. The van der Waals surface area contributed by atoms with Gasteiger partial charge in [-0.3, -0.25) is 4.79 Å². The van der Waals surface area contributed by atoms with Crippen LogP contribution in [0.4, 0.5) is 0 Å². The normalized spacial score (nSPS) is 41.8. The molecule has 2 saturated heterocycles. The predicted octanol–water partition coefficient (Wildman–Crippen LogP) is 2.46. The van der Waals surface area contributed by atoms with Crippen molar-refractivity contribution in [3.8, 4) is 0 Å². The molecule has 0 unspecified atom stereocenters. The molecule has 1 saturated carbocycles. The summed E-state index contributed by atoms with van der Waals surface area (Å²) in [6, 6.07) is 0. The second kappa shape index (κ2) is 7.46. The van der Waals surface area contributed by atoms with Crippen LogP contribution >= 0.6 is 0 Å². The summed E-state index contributed by atoms with van der Waals surface area (Å²) < 4.78 is 24.1. The molecule has 6 atom stereocenters. The fourth-order valence-corrected chi connectivity index (χ4v) is 6.03. The minimum atomic E-state index is -0.551. The van der Waals surface area contributed by atoms with Crippen LogP contribution in [0.3, 0.4) is 0 Å². The van der Waals surface area contributed by atoms with E-state index < -0.39 is 22.4 Å². The van der Waals surface area contributed by atoms with Gasteiger partial charge in [0.1, 0.15) is 18.3 Å². The lowest BCUT2D eigenvalue weighted by Crippen LogP contribution is -2.66. The highest BCUT2D eigenvalue weighted by Gasteiger charge is 2.83. The first-order chi connectivity index (χ1) is 14.2. The number of hydrogen-bond acceptors (Lipinski definition) is 7. The van der Waals surface area contributed by atoms with Crippen LogP contribution in [-0.4, -0.2) is 60.8 Å². The maximum atomic E-state index is 12.5. The minimum Gasteiger partial charge on any atom is -0.462 e. The summed E-state index contributed by atoms with van der Waals surface area (Å²) in [5.74, 6) is -0.753. The summed E-state index contributed by atoms with van der Waals surface area (Å²) in [5.41, 5.74) is 0.436. The zero-order chi connectivity index (χ0) is 21.7. The molecule has 0 aromatic rings. The Morgan fingerprint density at radius 2 is 2.10 bits per heavy atom. The third-order valence-corrected chi connectivity index (χ3v) is 7.87. The van der Waals surface area contributed by atoms with Crippen LogP contribution in [0.15, 0.2) is 23.3 Å². The number of carbonyl (C=O) groups is 2. The summed E-state index contributed by atoms with van der Waals surface area (Å²) in [5, 5.41) is 9.06. The van der Waals surface area contributed by atoms with Crippen molar-refractivity contribution >= 4 is 11.9 Å². The predicted molar refractivity (Wildman–Crippen MR) is 107 cm³/mol. The van der Waals surface area contributed by atoms with Gasteiger partial charge in [0.05, 0.1) is 24.2 Å². The van der Waals surface area contributed by atoms with Gasteiger partial charge >= 0.3 is 11.9 Å². The number of allylic oxidation sites excluding steroid dienone is 1. The fourth-order valence-electron chi connectivity index (χ4n) is 6.03. The van der Waals surface area contributed by atoms with E-state index in [1.54, 1.807) is 6.92 Å². The van der Waals surface area contributed by atoms with E-state index in [1.807, 2.05) is 0 Å². The standard InChI is InChI=1S/C23H32O7/c1-14-5-7-22(12-27-20(26)10-15(2)6-8-24)18(9-14)30-19-11-17(29-16(3)25)21(22,4)23(19)13-28-23/h9-10,17-19,24H,5-8,11-13H2,1-4H3/b15-10+/t17-,18+,19-,21-,22+,23-/m1/s1. The SMILES string of the molecule is CC(=O)O[C@@H]1C[C@H]2O[C@H]3C=C(C)CC[C@@]3(COC(=O)/C=C(\C)CCO)[C@]1(C)[C@@]21CO1. The van der Waals surface area contributed by atoms with E-state index in [2.05, 4.69) is 19.9 Å². The lowest BCUT2D eigenvalue weighted by molar-refractivity contribution is -0.232. The lowest BCUT2D eigenvalue weighted by Gasteiger charge is -2.58. The molecule has 0 aromatic heterocycles. The van der Waals surface area contributed by atoms with Crippen molar-refractivity contribution < 1.29 is 33.6 Å². The van der Waals surface area contributed by atoms with E-state index in [0.717, 1.165) is 18.4 Å². The van der Waals surface area contributed by atoms with Crippen LogP contribution in [0, 0.1) is 10.8 Å². The highest BCUT2D eigenvalue weighted by molar-refractivity contribution is 5.82. The molecule has 2 bridgehead atoms. The van der Waals surface area contributed by atoms with E-state index in [0.29, 0.717) is 19.4 Å². The Balaban J connectivity index is 1.68. The molecule has 1 spiro atoms. The molecule has 7 heteroatoms. The van der Waals surface area contributed by atoms with Crippen LogP contribution in [0.5, 0.6) is 0 Å². The smallest absolute Gasteiger partial charge is 0.330 e. The molecule has 3 fully saturated rings. The van der Waals surface area contributed by atoms with Gasteiger partial charge < -0.3 is 24.1 Å². The molecule has 0 aromatic carbocycles. The van der Waals surface area contributed by atoms with E-state index in [9.17, 15) is 9.59 Å². The van der Waals surface area contributed by atoms with Crippen molar-refractivity contribution in [2.75, 3.05) is 19.8 Å². The van der Waals surface area contributed by atoms with Crippen molar-refractivity contribution in [3.63, 3.8) is 0 Å². The summed E-state index contributed by atoms with van der Waals surface area (Å²) in [6.45, 7) is 8.15. The molecule has 30 heavy (non-hydrogen) atoms. The molecule has 166 valence electrons. The molecule has 0 amide bonds. The second-order valence-corrected chi connectivity index (χ2v) is 9.50. The van der Waals surface area contributed by atoms with Gasteiger partial charge in [0.15, 0.2) is 0 Å². The Labute approximate surface area is 177 Å². The van der Waals surface area contributed by atoms with Crippen LogP contribution in [0.25, 0.3) is 0 Å². The first-order valence-corrected chi connectivity index (χ1v) is 10.8. The van der Waals surface area contributed by atoms with Crippen LogP contribution in [0.1, 0.15) is 53.4 Å². The Hall–Kier alpha value is -1.70. The molecule has 4 aliphatic rings. The zero-order valence-corrected chi connectivity index (χ0v) is 18.2. The highest BCUT2D eigenvalue weighted by atomic mass is 16.6. The maximum absolute atomic E-state index is 12.5. The second-order valence-electron chi connectivity index (χ2n) is 9.50. The van der Waals surface area contributed by atoms with Crippen molar-refractivity contribution in [1.82, 2.24) is 0 Å². The average molecular weight is 421 g/mol. The molecule has 0 radical (unpaired) electrons. The van der Waals surface area contributed by atoms with E-state index in [4.69, 9.17) is 24.1 Å². The molecule has 4 rings (SSSR count). The number of rotatable bonds is 6. The van der Waals surface area contributed by atoms with Gasteiger partial charge in [0.2, 0.25) is 0 Å². The monoisotopic (exact) mass is 420 g/mol.